The van der Waals surface area contributed by atoms with Crippen molar-refractivity contribution in [2.75, 3.05) is 11.9 Å². The summed E-state index contributed by atoms with van der Waals surface area (Å²) in [6.07, 6.45) is -4.64. The number of nitrogens with zero attached hydrogens (tertiary/aromatic N) is 2. The van der Waals surface area contributed by atoms with Crippen molar-refractivity contribution in [3.05, 3.63) is 18.2 Å². The van der Waals surface area contributed by atoms with Gasteiger partial charge in [0.25, 0.3) is 0 Å². The molecule has 0 bridgehead atoms. The zero-order valence-corrected chi connectivity index (χ0v) is 15.2. The molecule has 2 aromatic rings. The van der Waals surface area contributed by atoms with Crippen LogP contribution in [0, 0.1) is 0 Å². The van der Waals surface area contributed by atoms with Crippen LogP contribution in [0.2, 0.25) is 0 Å². The fraction of sp³-hybridized carbons (Fsp3) is 0.471. The van der Waals surface area contributed by atoms with Crippen molar-refractivity contribution >= 4 is 28.5 Å². The zero-order valence-electron chi connectivity index (χ0n) is 15.2. The van der Waals surface area contributed by atoms with Crippen molar-refractivity contribution in [3.8, 4) is 5.75 Å². The van der Waals surface area contributed by atoms with Crippen LogP contribution >= 0.6 is 0 Å². The molecule has 0 aliphatic rings. The van der Waals surface area contributed by atoms with Gasteiger partial charge >= 0.3 is 6.18 Å². The molecule has 0 unspecified atom stereocenters. The highest BCUT2D eigenvalue weighted by molar-refractivity contribution is 6.00. The van der Waals surface area contributed by atoms with Crippen LogP contribution in [0.3, 0.4) is 0 Å². The lowest BCUT2D eigenvalue weighted by atomic mass is 10.2. The molecule has 0 fully saturated rings. The third kappa shape index (κ3) is 6.15. The standard InChI is InChI=1S/C17H21F3N4O3/c1-10(2)27-12-4-5-13-14(8-12)24(9-17(18,19)20)23-16(13)22-15(26)6-7-21-11(3)25/h4-5,8,10H,6-7,9H2,1-3H3,(H,21,25)(H,22,23,26). The Bertz CT molecular complexity index is 831. The topological polar surface area (TPSA) is 85.3 Å². The van der Waals surface area contributed by atoms with Crippen LogP contribution in [0.15, 0.2) is 18.2 Å². The molecule has 7 nitrogen and oxygen atoms in total. The molecule has 27 heavy (non-hydrogen) atoms. The second kappa shape index (κ2) is 8.28. The third-order valence-electron chi connectivity index (χ3n) is 3.41. The van der Waals surface area contributed by atoms with E-state index < -0.39 is 18.6 Å². The number of alkyl halides is 3. The number of rotatable bonds is 7. The highest BCUT2D eigenvalue weighted by Crippen LogP contribution is 2.30. The van der Waals surface area contributed by atoms with Gasteiger partial charge in [0.1, 0.15) is 12.3 Å². The van der Waals surface area contributed by atoms with E-state index in [1.165, 1.54) is 13.0 Å². The van der Waals surface area contributed by atoms with Gasteiger partial charge in [-0.1, -0.05) is 0 Å². The van der Waals surface area contributed by atoms with Crippen LogP contribution in [-0.4, -0.2) is 40.4 Å². The van der Waals surface area contributed by atoms with E-state index in [0.717, 1.165) is 4.68 Å². The van der Waals surface area contributed by atoms with Crippen LogP contribution in [0.25, 0.3) is 10.9 Å². The summed E-state index contributed by atoms with van der Waals surface area (Å²) in [4.78, 5) is 22.8. The van der Waals surface area contributed by atoms with E-state index in [1.54, 1.807) is 26.0 Å². The summed E-state index contributed by atoms with van der Waals surface area (Å²) in [6.45, 7) is 3.75. The molecule has 2 rings (SSSR count). The lowest BCUT2D eigenvalue weighted by Gasteiger charge is -2.11. The van der Waals surface area contributed by atoms with Crippen molar-refractivity contribution in [2.45, 2.75) is 46.0 Å². The van der Waals surface area contributed by atoms with Gasteiger partial charge < -0.3 is 15.4 Å². The van der Waals surface area contributed by atoms with Crippen molar-refractivity contribution < 1.29 is 27.5 Å². The Labute approximate surface area is 153 Å². The minimum absolute atomic E-state index is 0.0260. The number of benzene rings is 1. The van der Waals surface area contributed by atoms with E-state index in [-0.39, 0.29) is 36.3 Å². The van der Waals surface area contributed by atoms with E-state index >= 15 is 0 Å². The Morgan fingerprint density at radius 1 is 1.30 bits per heavy atom. The first-order valence-electron chi connectivity index (χ1n) is 8.33. The number of hydrogen-bond donors (Lipinski definition) is 2. The maximum absolute atomic E-state index is 12.9. The normalized spacial score (nSPS) is 11.7. The molecule has 0 radical (unpaired) electrons. The molecular weight excluding hydrogens is 365 g/mol. The molecule has 2 amide bonds. The number of halogens is 3. The molecule has 0 spiro atoms. The molecular formula is C17H21F3N4O3. The Morgan fingerprint density at radius 2 is 2.00 bits per heavy atom. The lowest BCUT2D eigenvalue weighted by Crippen LogP contribution is -2.25. The molecule has 10 heteroatoms. The molecule has 1 heterocycles. The van der Waals surface area contributed by atoms with Gasteiger partial charge in [-0.3, -0.25) is 14.3 Å². The van der Waals surface area contributed by atoms with Gasteiger partial charge in [0.2, 0.25) is 11.8 Å². The van der Waals surface area contributed by atoms with Crippen molar-refractivity contribution in [1.29, 1.82) is 0 Å². The summed E-state index contributed by atoms with van der Waals surface area (Å²) in [5, 5.41) is 9.23. The number of fused-ring (bicyclic) bond motifs is 1. The number of aromatic nitrogens is 2. The largest absolute Gasteiger partial charge is 0.491 e. The fourth-order valence-electron chi connectivity index (χ4n) is 2.43. The second-order valence-electron chi connectivity index (χ2n) is 6.25. The quantitative estimate of drug-likeness (QED) is 0.766. The predicted molar refractivity (Wildman–Crippen MR) is 93.5 cm³/mol. The van der Waals surface area contributed by atoms with Gasteiger partial charge in [-0.2, -0.15) is 18.3 Å². The molecule has 0 saturated carbocycles. The zero-order chi connectivity index (χ0) is 20.2. The first kappa shape index (κ1) is 20.5. The maximum Gasteiger partial charge on any atom is 0.408 e. The molecule has 2 N–H and O–H groups in total. The molecule has 0 atom stereocenters. The number of amides is 2. The predicted octanol–water partition coefficient (Wildman–Crippen LogP) is 2.85. The SMILES string of the molecule is CC(=O)NCCC(=O)Nc1nn(CC(F)(F)F)c2cc(OC(C)C)ccc12. The number of anilines is 1. The monoisotopic (exact) mass is 386 g/mol. The molecule has 0 saturated heterocycles. The van der Waals surface area contributed by atoms with E-state index in [2.05, 4.69) is 15.7 Å². The molecule has 1 aromatic heterocycles. The summed E-state index contributed by atoms with van der Waals surface area (Å²) in [6, 6.07) is 4.62. The Hall–Kier alpha value is -2.78. The van der Waals surface area contributed by atoms with E-state index in [1.807, 2.05) is 0 Å². The Balaban J connectivity index is 2.30. The fourth-order valence-corrected chi connectivity index (χ4v) is 2.43. The van der Waals surface area contributed by atoms with Crippen LogP contribution in [0.4, 0.5) is 19.0 Å². The van der Waals surface area contributed by atoms with Crippen molar-refractivity contribution in [3.63, 3.8) is 0 Å². The smallest absolute Gasteiger partial charge is 0.408 e. The van der Waals surface area contributed by atoms with Crippen LogP contribution < -0.4 is 15.4 Å². The van der Waals surface area contributed by atoms with Gasteiger partial charge in [0.05, 0.1) is 11.6 Å². The summed E-state index contributed by atoms with van der Waals surface area (Å²) in [5.74, 6) is -0.312. The summed E-state index contributed by atoms with van der Waals surface area (Å²) >= 11 is 0. The third-order valence-corrected chi connectivity index (χ3v) is 3.41. The molecule has 148 valence electrons. The average Bonchev–Trinajstić information content (AvgIpc) is 2.81. The first-order chi connectivity index (χ1) is 12.5. The molecule has 1 aromatic carbocycles. The number of carbonyl (C=O) groups excluding carboxylic acids is 2. The van der Waals surface area contributed by atoms with E-state index in [4.69, 9.17) is 4.74 Å². The van der Waals surface area contributed by atoms with Gasteiger partial charge in [0, 0.05) is 31.3 Å². The van der Waals surface area contributed by atoms with Crippen LogP contribution in [0.5, 0.6) is 5.75 Å². The van der Waals surface area contributed by atoms with Crippen molar-refractivity contribution in [2.24, 2.45) is 0 Å². The molecule has 0 aliphatic carbocycles. The maximum atomic E-state index is 12.9. The summed E-state index contributed by atoms with van der Waals surface area (Å²) in [7, 11) is 0. The number of carbonyl (C=O) groups is 2. The highest BCUT2D eigenvalue weighted by Gasteiger charge is 2.30. The minimum Gasteiger partial charge on any atom is -0.491 e. The summed E-state index contributed by atoms with van der Waals surface area (Å²) in [5.41, 5.74) is 0.197. The average molecular weight is 386 g/mol. The number of nitrogens with one attached hydrogen (secondary N) is 2. The highest BCUT2D eigenvalue weighted by atomic mass is 19.4. The Morgan fingerprint density at radius 3 is 2.59 bits per heavy atom. The van der Waals surface area contributed by atoms with Crippen LogP contribution in [-0.2, 0) is 16.1 Å². The molecule has 0 aliphatic heterocycles. The second-order valence-corrected chi connectivity index (χ2v) is 6.25. The van der Waals surface area contributed by atoms with Gasteiger partial charge in [-0.15, -0.1) is 0 Å². The van der Waals surface area contributed by atoms with E-state index in [9.17, 15) is 22.8 Å². The van der Waals surface area contributed by atoms with Gasteiger partial charge in [-0.05, 0) is 26.0 Å². The number of ether oxygens (including phenoxy) is 1. The lowest BCUT2D eigenvalue weighted by molar-refractivity contribution is -0.141. The van der Waals surface area contributed by atoms with Crippen LogP contribution in [0.1, 0.15) is 27.2 Å². The van der Waals surface area contributed by atoms with Gasteiger partial charge in [0.15, 0.2) is 5.82 Å². The summed E-state index contributed by atoms with van der Waals surface area (Å²) < 4.78 is 44.9. The van der Waals surface area contributed by atoms with E-state index in [0.29, 0.717) is 11.1 Å². The first-order valence-corrected chi connectivity index (χ1v) is 8.33. The van der Waals surface area contributed by atoms with Gasteiger partial charge in [-0.25, -0.2) is 0 Å². The Kier molecular flexibility index (Phi) is 6.29. The minimum atomic E-state index is -4.47. The number of hydrogen-bond acceptors (Lipinski definition) is 4. The van der Waals surface area contributed by atoms with Crippen molar-refractivity contribution in [1.82, 2.24) is 15.1 Å².